The molecule has 0 aliphatic carbocycles. The van der Waals surface area contributed by atoms with Crippen molar-refractivity contribution in [1.82, 2.24) is 10.6 Å². The lowest BCUT2D eigenvalue weighted by molar-refractivity contribution is -0.126. The Balaban J connectivity index is 0.00000144. The Morgan fingerprint density at radius 1 is 1.71 bits per heavy atom. The molecule has 96 valence electrons. The quantitative estimate of drug-likeness (QED) is 0.884. The Bertz CT molecular complexity index is 381. The van der Waals surface area contributed by atoms with E-state index in [1.807, 2.05) is 13.0 Å². The highest BCUT2D eigenvalue weighted by Gasteiger charge is 2.28. The van der Waals surface area contributed by atoms with Crippen LogP contribution in [-0.4, -0.2) is 19.0 Å². The van der Waals surface area contributed by atoms with Crippen LogP contribution in [0.4, 0.5) is 0 Å². The van der Waals surface area contributed by atoms with Gasteiger partial charge < -0.3 is 10.6 Å². The van der Waals surface area contributed by atoms with Gasteiger partial charge in [0.05, 0.1) is 3.79 Å². The molecule has 0 radical (unpaired) electrons. The van der Waals surface area contributed by atoms with Gasteiger partial charge in [0, 0.05) is 12.5 Å². The summed E-state index contributed by atoms with van der Waals surface area (Å²) >= 11 is 5.05. The highest BCUT2D eigenvalue weighted by Crippen LogP contribution is 2.21. The number of carbonyl (C=O) groups is 1. The summed E-state index contributed by atoms with van der Waals surface area (Å²) in [6.07, 6.45) is 0. The van der Waals surface area contributed by atoms with Gasteiger partial charge in [0.25, 0.3) is 0 Å². The Morgan fingerprint density at radius 2 is 2.41 bits per heavy atom. The summed E-state index contributed by atoms with van der Waals surface area (Å²) in [4.78, 5) is 11.8. The van der Waals surface area contributed by atoms with Gasteiger partial charge in [-0.05, 0) is 51.9 Å². The van der Waals surface area contributed by atoms with Crippen LogP contribution in [0.2, 0.25) is 0 Å². The van der Waals surface area contributed by atoms with Crippen molar-refractivity contribution in [2.24, 2.45) is 11.8 Å². The molecule has 1 aromatic heterocycles. The van der Waals surface area contributed by atoms with Crippen molar-refractivity contribution in [3.63, 3.8) is 0 Å². The third kappa shape index (κ3) is 3.95. The van der Waals surface area contributed by atoms with Gasteiger partial charge >= 0.3 is 0 Å². The first-order chi connectivity index (χ1) is 7.66. The highest BCUT2D eigenvalue weighted by molar-refractivity contribution is 9.11. The molecule has 6 heteroatoms. The second-order valence-corrected chi connectivity index (χ2v) is 6.47. The first-order valence-corrected chi connectivity index (χ1v) is 7.05. The van der Waals surface area contributed by atoms with Crippen LogP contribution in [0.5, 0.6) is 0 Å². The van der Waals surface area contributed by atoms with E-state index in [0.717, 1.165) is 22.4 Å². The fourth-order valence-electron chi connectivity index (χ4n) is 1.67. The topological polar surface area (TPSA) is 41.1 Å². The lowest BCUT2D eigenvalue weighted by Crippen LogP contribution is -2.49. The molecule has 1 atom stereocenters. The normalized spacial score (nSPS) is 16.8. The van der Waals surface area contributed by atoms with E-state index in [0.29, 0.717) is 12.5 Å². The maximum atomic E-state index is 11.8. The second-order valence-electron chi connectivity index (χ2n) is 4.18. The predicted octanol–water partition coefficient (Wildman–Crippen LogP) is 2.40. The molecule has 2 heterocycles. The van der Waals surface area contributed by atoms with Crippen LogP contribution in [0.3, 0.4) is 0 Å². The molecule has 0 aromatic carbocycles. The van der Waals surface area contributed by atoms with E-state index in [4.69, 9.17) is 0 Å². The van der Waals surface area contributed by atoms with E-state index in [1.165, 1.54) is 0 Å². The first kappa shape index (κ1) is 15.0. The molecular weight excluding hydrogens is 324 g/mol. The van der Waals surface area contributed by atoms with Gasteiger partial charge in [-0.15, -0.1) is 23.7 Å². The number of carbonyl (C=O) groups excluding carboxylic acids is 1. The van der Waals surface area contributed by atoms with Crippen molar-refractivity contribution in [1.29, 1.82) is 0 Å². The highest BCUT2D eigenvalue weighted by atomic mass is 79.9. The molecule has 0 bridgehead atoms. The Morgan fingerprint density at radius 3 is 2.88 bits per heavy atom. The van der Waals surface area contributed by atoms with E-state index >= 15 is 0 Å². The molecule has 1 saturated heterocycles. The van der Waals surface area contributed by atoms with Crippen LogP contribution in [0.25, 0.3) is 0 Å². The number of rotatable bonds is 4. The number of hydrogen-bond donors (Lipinski definition) is 2. The van der Waals surface area contributed by atoms with Gasteiger partial charge in [-0.2, -0.15) is 0 Å². The molecule has 0 spiro atoms. The molecule has 1 amide bonds. The fraction of sp³-hybridized carbons (Fsp3) is 0.545. The average molecular weight is 340 g/mol. The number of nitrogens with one attached hydrogen (secondary N) is 2. The zero-order valence-electron chi connectivity index (χ0n) is 9.53. The van der Waals surface area contributed by atoms with E-state index in [1.54, 1.807) is 11.3 Å². The molecule has 17 heavy (non-hydrogen) atoms. The molecule has 2 N–H and O–H groups in total. The molecule has 1 aliphatic rings. The maximum Gasteiger partial charge on any atom is 0.223 e. The summed E-state index contributed by atoms with van der Waals surface area (Å²) in [5.41, 5.74) is 1.16. The van der Waals surface area contributed by atoms with E-state index in [9.17, 15) is 4.79 Å². The summed E-state index contributed by atoms with van der Waals surface area (Å²) in [5.74, 6) is 0.784. The number of amides is 1. The third-order valence-electron chi connectivity index (χ3n) is 3.02. The second kappa shape index (κ2) is 6.73. The van der Waals surface area contributed by atoms with Gasteiger partial charge in [0.15, 0.2) is 0 Å². The van der Waals surface area contributed by atoms with Crippen LogP contribution in [0.1, 0.15) is 12.5 Å². The minimum Gasteiger partial charge on any atom is -0.352 e. The summed E-state index contributed by atoms with van der Waals surface area (Å²) in [5, 5.41) is 8.23. The number of hydrogen-bond acceptors (Lipinski definition) is 3. The van der Waals surface area contributed by atoms with Crippen LogP contribution in [0, 0.1) is 11.8 Å². The summed E-state index contributed by atoms with van der Waals surface area (Å²) < 4.78 is 1.10. The van der Waals surface area contributed by atoms with Crippen LogP contribution < -0.4 is 10.6 Å². The summed E-state index contributed by atoms with van der Waals surface area (Å²) in [6, 6.07) is 2.04. The van der Waals surface area contributed by atoms with Gasteiger partial charge in [-0.1, -0.05) is 6.92 Å². The molecule has 1 aromatic rings. The van der Waals surface area contributed by atoms with Crippen molar-refractivity contribution >= 4 is 45.6 Å². The summed E-state index contributed by atoms with van der Waals surface area (Å²) in [7, 11) is 0. The molecule has 3 nitrogen and oxygen atoms in total. The van der Waals surface area contributed by atoms with Gasteiger partial charge in [0.2, 0.25) is 5.91 Å². The number of halogens is 2. The first-order valence-electron chi connectivity index (χ1n) is 5.38. The molecule has 1 fully saturated rings. The van der Waals surface area contributed by atoms with Crippen LogP contribution in [-0.2, 0) is 11.3 Å². The monoisotopic (exact) mass is 338 g/mol. The van der Waals surface area contributed by atoms with Crippen molar-refractivity contribution < 1.29 is 4.79 Å². The van der Waals surface area contributed by atoms with Crippen molar-refractivity contribution in [3.8, 4) is 0 Å². The molecule has 1 aliphatic heterocycles. The van der Waals surface area contributed by atoms with Crippen LogP contribution in [0.15, 0.2) is 15.2 Å². The fourth-order valence-corrected chi connectivity index (χ4v) is 2.88. The Kier molecular flexibility index (Phi) is 5.92. The Labute approximate surface area is 120 Å². The smallest absolute Gasteiger partial charge is 0.223 e. The Hall–Kier alpha value is -0.100. The summed E-state index contributed by atoms with van der Waals surface area (Å²) in [6.45, 7) is 4.58. The van der Waals surface area contributed by atoms with Crippen molar-refractivity contribution in [2.75, 3.05) is 13.1 Å². The van der Waals surface area contributed by atoms with E-state index in [2.05, 4.69) is 31.9 Å². The molecule has 0 saturated carbocycles. The number of thiophene rings is 1. The molecular formula is C11H16BrClN2OS. The third-order valence-corrected chi connectivity index (χ3v) is 4.58. The van der Waals surface area contributed by atoms with Gasteiger partial charge in [0.1, 0.15) is 0 Å². The minimum absolute atomic E-state index is 0. The standard InChI is InChI=1S/C11H15BrN2OS.ClH/c1-7(9-4-13-5-9)11(15)14-3-8-2-10(12)16-6-8;/h2,6-7,9,13H,3-5H2,1H3,(H,14,15);1H. The minimum atomic E-state index is 0. The van der Waals surface area contributed by atoms with Crippen molar-refractivity contribution in [3.05, 3.63) is 20.8 Å². The zero-order chi connectivity index (χ0) is 11.5. The predicted molar refractivity (Wildman–Crippen MR) is 76.6 cm³/mol. The van der Waals surface area contributed by atoms with E-state index < -0.39 is 0 Å². The van der Waals surface area contributed by atoms with Crippen LogP contribution >= 0.6 is 39.7 Å². The van der Waals surface area contributed by atoms with Gasteiger partial charge in [-0.25, -0.2) is 0 Å². The lowest BCUT2D eigenvalue weighted by atomic mass is 9.88. The molecule has 2 rings (SSSR count). The SMILES string of the molecule is CC(C(=O)NCc1csc(Br)c1)C1CNC1.Cl. The average Bonchev–Trinajstić information content (AvgIpc) is 2.58. The zero-order valence-corrected chi connectivity index (χ0v) is 12.8. The lowest BCUT2D eigenvalue weighted by Gasteiger charge is -2.31. The van der Waals surface area contributed by atoms with Gasteiger partial charge in [-0.3, -0.25) is 4.79 Å². The largest absolute Gasteiger partial charge is 0.352 e. The van der Waals surface area contributed by atoms with Crippen molar-refractivity contribution in [2.45, 2.75) is 13.5 Å². The molecule has 1 unspecified atom stereocenters. The van der Waals surface area contributed by atoms with E-state index in [-0.39, 0.29) is 24.2 Å². The maximum absolute atomic E-state index is 11.8.